The van der Waals surface area contributed by atoms with Gasteiger partial charge >= 0.3 is 30.0 Å². The third-order valence-electron chi connectivity index (χ3n) is 2.02. The van der Waals surface area contributed by atoms with Crippen LogP contribution in [0.25, 0.3) is 0 Å². The van der Waals surface area contributed by atoms with Crippen molar-refractivity contribution in [2.45, 2.75) is 58.7 Å². The molecule has 0 rings (SSSR count). The van der Waals surface area contributed by atoms with Gasteiger partial charge in [-0.2, -0.15) is 0 Å². The van der Waals surface area contributed by atoms with Crippen LogP contribution in [-0.4, -0.2) is 8.07 Å². The molecule has 3 heteroatoms. The summed E-state index contributed by atoms with van der Waals surface area (Å²) in [5.74, 6) is 0. The van der Waals surface area contributed by atoms with Gasteiger partial charge in [-0.05, 0) is 6.42 Å². The molecule has 0 aliphatic rings. The van der Waals surface area contributed by atoms with Gasteiger partial charge in [-0.3, -0.25) is 5.57 Å². The molecule has 0 saturated carbocycles. The molecule has 0 aliphatic heterocycles. The molecule has 0 nitrogen and oxygen atoms in total. The Bertz CT molecular complexity index is 195. The van der Waals surface area contributed by atoms with Crippen molar-refractivity contribution in [2.24, 2.45) is 0 Å². The summed E-state index contributed by atoms with van der Waals surface area (Å²) in [5.41, 5.74) is 5.19. The molecule has 0 aromatic rings. The first-order chi connectivity index (χ1) is 7.49. The summed E-state index contributed by atoms with van der Waals surface area (Å²) >= 11 is 4.25. The predicted octanol–water partition coefficient (Wildman–Crippen LogP) is 5.59. The summed E-state index contributed by atoms with van der Waals surface area (Å²) < 4.78 is 0. The molecule has 0 fully saturated rings. The van der Waals surface area contributed by atoms with E-state index >= 15 is 0 Å². The first-order valence-electron chi connectivity index (χ1n) is 6.00. The SMILES string of the molecule is C=CCC(=[C-][Si](C)(C)C)CCCCC.[Zn+][Br]. The van der Waals surface area contributed by atoms with Crippen LogP contribution in [0.4, 0.5) is 0 Å². The zero-order chi connectivity index (χ0) is 13.0. The minimum absolute atomic E-state index is 1.04. The van der Waals surface area contributed by atoms with Gasteiger partial charge in [0.05, 0.1) is 0 Å². The van der Waals surface area contributed by atoms with E-state index in [0.29, 0.717) is 0 Å². The summed E-state index contributed by atoms with van der Waals surface area (Å²) in [4.78, 5) is 0. The Kier molecular flexibility index (Phi) is 14.7. The van der Waals surface area contributed by atoms with E-state index in [-0.39, 0.29) is 0 Å². The zero-order valence-corrected chi connectivity index (χ0v) is 17.0. The molecule has 0 N–H and O–H groups in total. The van der Waals surface area contributed by atoms with Gasteiger partial charge < -0.3 is 5.70 Å². The Morgan fingerprint density at radius 1 is 1.31 bits per heavy atom. The molecule has 90 valence electrons. The van der Waals surface area contributed by atoms with E-state index in [1.54, 1.807) is 0 Å². The molecule has 16 heavy (non-hydrogen) atoms. The molecule has 0 atom stereocenters. The van der Waals surface area contributed by atoms with Crippen LogP contribution >= 0.6 is 13.6 Å². The van der Waals surface area contributed by atoms with Gasteiger partial charge in [0.25, 0.3) is 0 Å². The molecule has 0 saturated heterocycles. The number of unbranched alkanes of at least 4 members (excludes halogenated alkanes) is 2. The summed E-state index contributed by atoms with van der Waals surface area (Å²) in [7, 11) is -1.15. The third-order valence-corrected chi connectivity index (χ3v) is 3.13. The van der Waals surface area contributed by atoms with Crippen molar-refractivity contribution in [3.63, 3.8) is 0 Å². The second-order valence-electron chi connectivity index (χ2n) is 4.93. The van der Waals surface area contributed by atoms with Gasteiger partial charge in [-0.15, -0.1) is 14.7 Å². The quantitative estimate of drug-likeness (QED) is 0.242. The molecule has 0 unspecified atom stereocenters. The van der Waals surface area contributed by atoms with Crippen molar-refractivity contribution in [2.75, 3.05) is 0 Å². The molecule has 0 heterocycles. The van der Waals surface area contributed by atoms with Crippen LogP contribution in [0.5, 0.6) is 0 Å². The normalized spacial score (nSPS) is 11.8. The van der Waals surface area contributed by atoms with Gasteiger partial charge in [0.1, 0.15) is 0 Å². The second-order valence-corrected chi connectivity index (χ2v) is 9.68. The average Bonchev–Trinajstić information content (AvgIpc) is 2.19. The van der Waals surface area contributed by atoms with Crippen molar-refractivity contribution in [1.29, 1.82) is 0 Å². The summed E-state index contributed by atoms with van der Waals surface area (Å²) in [6.07, 6.45) is 8.23. The van der Waals surface area contributed by atoms with E-state index in [9.17, 15) is 0 Å². The van der Waals surface area contributed by atoms with Gasteiger partial charge in [0.2, 0.25) is 0 Å². The average molecular weight is 355 g/mol. The Balaban J connectivity index is 0. The van der Waals surface area contributed by atoms with Crippen molar-refractivity contribution < 1.29 is 16.3 Å². The van der Waals surface area contributed by atoms with Crippen LogP contribution in [0.15, 0.2) is 18.2 Å². The second kappa shape index (κ2) is 12.3. The van der Waals surface area contributed by atoms with E-state index in [2.05, 4.69) is 52.5 Å². The first-order valence-corrected chi connectivity index (χ1v) is 16.4. The van der Waals surface area contributed by atoms with E-state index in [1.807, 2.05) is 6.08 Å². The summed E-state index contributed by atoms with van der Waals surface area (Å²) in [6, 6.07) is 0. The number of halogens is 1. The van der Waals surface area contributed by atoms with E-state index in [0.717, 1.165) is 6.42 Å². The van der Waals surface area contributed by atoms with Crippen LogP contribution in [0, 0.1) is 5.70 Å². The maximum atomic E-state index is 3.81. The van der Waals surface area contributed by atoms with Crippen LogP contribution in [0.2, 0.25) is 19.6 Å². The van der Waals surface area contributed by atoms with Crippen molar-refractivity contribution in [1.82, 2.24) is 0 Å². The Morgan fingerprint density at radius 3 is 2.25 bits per heavy atom. The number of allylic oxidation sites excluding steroid dienone is 2. The molecule has 0 aromatic carbocycles. The Morgan fingerprint density at radius 2 is 1.88 bits per heavy atom. The van der Waals surface area contributed by atoms with E-state index in [1.165, 1.54) is 47.6 Å². The van der Waals surface area contributed by atoms with Gasteiger partial charge in [-0.1, -0.05) is 58.3 Å². The Hall–Kier alpha value is 0.800. The fraction of sp³-hybridized carbons (Fsp3) is 0.692. The van der Waals surface area contributed by atoms with Crippen LogP contribution in [0.1, 0.15) is 39.0 Å². The fourth-order valence-electron chi connectivity index (χ4n) is 1.51. The van der Waals surface area contributed by atoms with Gasteiger partial charge in [0.15, 0.2) is 0 Å². The van der Waals surface area contributed by atoms with Crippen LogP contribution in [0.3, 0.4) is 0 Å². The fourth-order valence-corrected chi connectivity index (χ4v) is 2.80. The Labute approximate surface area is 120 Å². The molecular formula is C13H25BrSiZn. The summed E-state index contributed by atoms with van der Waals surface area (Å²) in [5, 5.41) is 0. The number of hydrogen-bond donors (Lipinski definition) is 0. The molecule has 0 radical (unpaired) electrons. The standard InChI is InChI=1S/C13H25Si.BrH.Zn/c1-6-8-9-11-13(10-7-2)12-14(3,4)5;;/h7H,2,6,8-11H2,1,3-5H3;1H;/q-1;;+2/p-1. The van der Waals surface area contributed by atoms with Crippen molar-refractivity contribution in [3.8, 4) is 0 Å². The van der Waals surface area contributed by atoms with Gasteiger partial charge in [0, 0.05) is 0 Å². The first kappa shape index (κ1) is 19.1. The third kappa shape index (κ3) is 14.8. The van der Waals surface area contributed by atoms with Crippen molar-refractivity contribution in [3.05, 3.63) is 23.9 Å². The van der Waals surface area contributed by atoms with Gasteiger partial charge in [-0.25, -0.2) is 0 Å². The van der Waals surface area contributed by atoms with Crippen LogP contribution in [-0.2, 0) is 16.3 Å². The minimum atomic E-state index is -1.15. The molecule has 0 spiro atoms. The maximum absolute atomic E-state index is 3.81. The number of hydrogen-bond acceptors (Lipinski definition) is 0. The molecule has 0 aliphatic carbocycles. The molecule has 0 aromatic heterocycles. The molecular weight excluding hydrogens is 330 g/mol. The monoisotopic (exact) mass is 352 g/mol. The molecule has 0 bridgehead atoms. The zero-order valence-electron chi connectivity index (χ0n) is 11.4. The molecule has 0 amide bonds. The van der Waals surface area contributed by atoms with Crippen molar-refractivity contribution >= 4 is 21.7 Å². The van der Waals surface area contributed by atoms with Crippen LogP contribution < -0.4 is 0 Å². The van der Waals surface area contributed by atoms with E-state index in [4.69, 9.17) is 0 Å². The summed E-state index contributed by atoms with van der Waals surface area (Å²) in [6.45, 7) is 13.1. The topological polar surface area (TPSA) is 0 Å². The predicted molar refractivity (Wildman–Crippen MR) is 78.0 cm³/mol. The van der Waals surface area contributed by atoms with E-state index < -0.39 is 8.07 Å². The number of rotatable bonds is 7.